The summed E-state index contributed by atoms with van der Waals surface area (Å²) in [6, 6.07) is 4.81. The summed E-state index contributed by atoms with van der Waals surface area (Å²) in [6.45, 7) is 0.909. The maximum Gasteiger partial charge on any atom is 0.149 e. The summed E-state index contributed by atoms with van der Waals surface area (Å²) >= 11 is 4.49. The number of halogens is 1. The maximum atomic E-state index is 13.4. The number of nitrogens with zero attached hydrogens (tertiary/aromatic N) is 1. The molecule has 0 radical (unpaired) electrons. The minimum absolute atomic E-state index is 0.226. The van der Waals surface area contributed by atoms with Crippen molar-refractivity contribution in [1.29, 1.82) is 0 Å². The molecule has 0 saturated carbocycles. The summed E-state index contributed by atoms with van der Waals surface area (Å²) in [5.74, 6) is -0.387. The fraction of sp³-hybridized carbons (Fsp3) is 0.154. The lowest BCUT2D eigenvalue weighted by atomic mass is 10.0. The van der Waals surface area contributed by atoms with Crippen LogP contribution in [0.5, 0.6) is 0 Å². The van der Waals surface area contributed by atoms with Crippen LogP contribution in [0.25, 0.3) is 5.57 Å². The smallest absolute Gasteiger partial charge is 0.149 e. The summed E-state index contributed by atoms with van der Waals surface area (Å²) in [7, 11) is 0. The minimum Gasteiger partial charge on any atom is -0.391 e. The van der Waals surface area contributed by atoms with Crippen molar-refractivity contribution in [3.63, 3.8) is 0 Å². The standard InChI is InChI=1S/C13H11FN2S/c14-12-4-3-11(8-13(12)16-9-17)10-2-1-6-15-7-5-10/h2-5,7-8,15H,1,6H2. The normalized spacial score (nSPS) is 14.3. The Morgan fingerprint density at radius 2 is 2.29 bits per heavy atom. The highest BCUT2D eigenvalue weighted by molar-refractivity contribution is 7.78. The van der Waals surface area contributed by atoms with Gasteiger partial charge in [0.15, 0.2) is 0 Å². The number of hydrogen-bond donors (Lipinski definition) is 1. The van der Waals surface area contributed by atoms with Gasteiger partial charge < -0.3 is 5.32 Å². The van der Waals surface area contributed by atoms with E-state index in [1.807, 2.05) is 12.3 Å². The molecule has 0 saturated heterocycles. The van der Waals surface area contributed by atoms with Crippen LogP contribution in [0.15, 0.2) is 41.5 Å². The first-order valence-electron chi connectivity index (χ1n) is 5.29. The van der Waals surface area contributed by atoms with Crippen molar-refractivity contribution >= 4 is 28.6 Å². The molecule has 2 nitrogen and oxygen atoms in total. The van der Waals surface area contributed by atoms with Gasteiger partial charge in [-0.3, -0.25) is 0 Å². The predicted octanol–water partition coefficient (Wildman–Crippen LogP) is 3.45. The van der Waals surface area contributed by atoms with Crippen molar-refractivity contribution < 1.29 is 4.39 Å². The molecule has 0 bridgehead atoms. The highest BCUT2D eigenvalue weighted by Gasteiger charge is 2.05. The van der Waals surface area contributed by atoms with E-state index in [1.165, 1.54) is 6.07 Å². The Hall–Kier alpha value is -1.77. The fourth-order valence-corrected chi connectivity index (χ4v) is 1.75. The molecule has 1 N–H and O–H groups in total. The van der Waals surface area contributed by atoms with E-state index < -0.39 is 0 Å². The van der Waals surface area contributed by atoms with Gasteiger partial charge in [0.2, 0.25) is 0 Å². The van der Waals surface area contributed by atoms with Crippen LogP contribution in [0.1, 0.15) is 12.0 Å². The summed E-state index contributed by atoms with van der Waals surface area (Å²) < 4.78 is 13.4. The molecular weight excluding hydrogens is 235 g/mol. The highest BCUT2D eigenvalue weighted by atomic mass is 32.1. The Morgan fingerprint density at radius 1 is 1.41 bits per heavy atom. The van der Waals surface area contributed by atoms with E-state index >= 15 is 0 Å². The maximum absolute atomic E-state index is 13.4. The first-order chi connectivity index (χ1) is 8.31. The number of benzene rings is 1. The van der Waals surface area contributed by atoms with Crippen molar-refractivity contribution in [3.05, 3.63) is 47.9 Å². The molecule has 0 unspecified atom stereocenters. The third kappa shape index (κ3) is 2.87. The van der Waals surface area contributed by atoms with E-state index in [2.05, 4.69) is 33.8 Å². The van der Waals surface area contributed by atoms with E-state index in [1.54, 1.807) is 12.1 Å². The summed E-state index contributed by atoms with van der Waals surface area (Å²) in [5, 5.41) is 5.32. The van der Waals surface area contributed by atoms with Gasteiger partial charge in [0.05, 0.1) is 5.16 Å². The average molecular weight is 246 g/mol. The average Bonchev–Trinajstić information content (AvgIpc) is 2.61. The van der Waals surface area contributed by atoms with Crippen molar-refractivity contribution in [2.75, 3.05) is 6.54 Å². The summed E-state index contributed by atoms with van der Waals surface area (Å²) in [6.07, 6.45) is 6.90. The van der Waals surface area contributed by atoms with E-state index in [-0.39, 0.29) is 11.5 Å². The number of nitrogens with one attached hydrogen (secondary N) is 1. The lowest BCUT2D eigenvalue weighted by molar-refractivity contribution is 0.630. The molecule has 17 heavy (non-hydrogen) atoms. The number of aliphatic imine (C=N–C) groups is 1. The van der Waals surface area contributed by atoms with Gasteiger partial charge in [0.1, 0.15) is 11.5 Å². The Morgan fingerprint density at radius 3 is 3.12 bits per heavy atom. The van der Waals surface area contributed by atoms with E-state index in [9.17, 15) is 4.39 Å². The summed E-state index contributed by atoms with van der Waals surface area (Å²) in [4.78, 5) is 3.71. The van der Waals surface area contributed by atoms with Gasteiger partial charge in [0, 0.05) is 6.54 Å². The molecule has 0 aromatic heterocycles. The van der Waals surface area contributed by atoms with Gasteiger partial charge in [-0.25, -0.2) is 4.39 Å². The SMILES string of the molecule is Fc1ccc(C2=CCCNC=C2)cc1N=C=S. The fourth-order valence-electron chi connectivity index (χ4n) is 1.65. The molecule has 1 aromatic rings. The second-order valence-electron chi connectivity index (χ2n) is 3.60. The van der Waals surface area contributed by atoms with Gasteiger partial charge in [0.25, 0.3) is 0 Å². The van der Waals surface area contributed by atoms with Crippen molar-refractivity contribution in [2.24, 2.45) is 4.99 Å². The van der Waals surface area contributed by atoms with E-state index in [0.29, 0.717) is 0 Å². The zero-order valence-corrected chi connectivity index (χ0v) is 9.93. The van der Waals surface area contributed by atoms with E-state index in [4.69, 9.17) is 0 Å². The van der Waals surface area contributed by atoms with Crippen LogP contribution in [0.4, 0.5) is 10.1 Å². The van der Waals surface area contributed by atoms with Crippen molar-refractivity contribution in [2.45, 2.75) is 6.42 Å². The van der Waals surface area contributed by atoms with E-state index in [0.717, 1.165) is 24.1 Å². The number of allylic oxidation sites excluding steroid dienone is 2. The van der Waals surface area contributed by atoms with Crippen LogP contribution in [0, 0.1) is 5.82 Å². The second kappa shape index (κ2) is 5.53. The van der Waals surface area contributed by atoms with Crippen LogP contribution in [-0.4, -0.2) is 11.7 Å². The lowest BCUT2D eigenvalue weighted by Gasteiger charge is -2.03. The Kier molecular flexibility index (Phi) is 3.81. The molecule has 1 aliphatic rings. The molecule has 0 spiro atoms. The number of thiocarbonyl (C=S) groups is 1. The Balaban J connectivity index is 2.41. The van der Waals surface area contributed by atoms with Crippen molar-refractivity contribution in [1.82, 2.24) is 5.32 Å². The molecule has 4 heteroatoms. The molecule has 1 heterocycles. The first-order valence-corrected chi connectivity index (χ1v) is 5.70. The number of rotatable bonds is 2. The molecule has 0 atom stereocenters. The van der Waals surface area contributed by atoms with Crippen LogP contribution in [0.2, 0.25) is 0 Å². The third-order valence-electron chi connectivity index (χ3n) is 2.48. The number of isothiocyanates is 1. The van der Waals surface area contributed by atoms with Gasteiger partial charge in [-0.15, -0.1) is 0 Å². The zero-order chi connectivity index (χ0) is 12.1. The third-order valence-corrected chi connectivity index (χ3v) is 2.57. The van der Waals surface area contributed by atoms with Crippen LogP contribution in [0.3, 0.4) is 0 Å². The quantitative estimate of drug-likeness (QED) is 0.638. The lowest BCUT2D eigenvalue weighted by Crippen LogP contribution is -2.03. The molecule has 1 aliphatic heterocycles. The molecule has 0 aliphatic carbocycles. The topological polar surface area (TPSA) is 24.4 Å². The largest absolute Gasteiger partial charge is 0.391 e. The van der Waals surface area contributed by atoms with Gasteiger partial charge >= 0.3 is 0 Å². The Labute approximate surface area is 105 Å². The molecule has 0 amide bonds. The minimum atomic E-state index is -0.387. The molecule has 2 rings (SSSR count). The van der Waals surface area contributed by atoms with Crippen LogP contribution >= 0.6 is 12.2 Å². The molecule has 86 valence electrons. The van der Waals surface area contributed by atoms with Crippen LogP contribution < -0.4 is 5.32 Å². The van der Waals surface area contributed by atoms with Gasteiger partial charge in [-0.1, -0.05) is 12.1 Å². The monoisotopic (exact) mass is 246 g/mol. The van der Waals surface area contributed by atoms with Gasteiger partial charge in [-0.05, 0) is 54.2 Å². The molecule has 0 fully saturated rings. The zero-order valence-electron chi connectivity index (χ0n) is 9.11. The second-order valence-corrected chi connectivity index (χ2v) is 3.79. The summed E-state index contributed by atoms with van der Waals surface area (Å²) in [5.41, 5.74) is 2.20. The molecular formula is C13H11FN2S. The Bertz CT molecular complexity index is 528. The predicted molar refractivity (Wildman–Crippen MR) is 70.8 cm³/mol. The first kappa shape index (κ1) is 11.7. The number of hydrogen-bond acceptors (Lipinski definition) is 3. The van der Waals surface area contributed by atoms with Gasteiger partial charge in [-0.2, -0.15) is 4.99 Å². The highest BCUT2D eigenvalue weighted by Crippen LogP contribution is 2.25. The molecule has 1 aromatic carbocycles. The van der Waals surface area contributed by atoms with Crippen molar-refractivity contribution in [3.8, 4) is 0 Å². The van der Waals surface area contributed by atoms with Crippen LogP contribution in [-0.2, 0) is 0 Å².